The van der Waals surface area contributed by atoms with Gasteiger partial charge in [0.25, 0.3) is 0 Å². The first-order valence-corrected chi connectivity index (χ1v) is 17.0. The third-order valence-electron chi connectivity index (χ3n) is 8.06. The van der Waals surface area contributed by atoms with Gasteiger partial charge in [-0.2, -0.15) is 0 Å². The number of phenolic OH excluding ortho intramolecular Hbond substituents is 1. The number of carbonyl (C=O) groups excluding carboxylic acids is 4. The molecule has 11 heteroatoms. The van der Waals surface area contributed by atoms with Crippen LogP contribution in [0.4, 0.5) is 4.79 Å². The summed E-state index contributed by atoms with van der Waals surface area (Å²) in [5, 5.41) is 29.9. The average molecular weight is 689 g/mol. The summed E-state index contributed by atoms with van der Waals surface area (Å²) < 4.78 is 5.48. The third-order valence-corrected chi connectivity index (χ3v) is 8.06. The highest BCUT2D eigenvalue weighted by molar-refractivity contribution is 5.92. The summed E-state index contributed by atoms with van der Waals surface area (Å²) in [6.07, 6.45) is -1.07. The van der Waals surface area contributed by atoms with Gasteiger partial charge in [0.15, 0.2) is 0 Å². The van der Waals surface area contributed by atoms with Crippen LogP contribution in [-0.2, 0) is 38.4 Å². The second-order valence-electron chi connectivity index (χ2n) is 14.2. The average Bonchev–Trinajstić information content (AvgIpc) is 3.04. The molecule has 0 spiro atoms. The number of ether oxygens (including phenoxy) is 1. The summed E-state index contributed by atoms with van der Waals surface area (Å²) in [4.78, 5) is 52.9. The van der Waals surface area contributed by atoms with Crippen LogP contribution < -0.4 is 21.7 Å². The maximum atomic E-state index is 14.1. The van der Waals surface area contributed by atoms with Crippen LogP contribution in [0.2, 0.25) is 0 Å². The summed E-state index contributed by atoms with van der Waals surface area (Å²) in [5.74, 6) is -2.54. The van der Waals surface area contributed by atoms with E-state index in [2.05, 4.69) is 16.0 Å². The topological polar surface area (TPSA) is 180 Å². The standard InChI is InChI=1S/C39H52N4O7/c1-25(2)20-33(37(48)41-32(35(40)46)23-27-14-10-7-11-15-27)42-36(47)29(21-28-16-18-30(44)19-17-28)24-34(45)31(22-26-12-8-6-9-13-26)43-38(49)50-39(3,4)5/h6-19,25,29,31-34,44-45H,20-24H2,1-5H3,(H2,40,46)(H,41,48)(H,42,47)(H,43,49). The molecule has 0 radical (unpaired) electrons. The van der Waals surface area contributed by atoms with E-state index >= 15 is 0 Å². The van der Waals surface area contributed by atoms with Crippen molar-refractivity contribution in [3.63, 3.8) is 0 Å². The van der Waals surface area contributed by atoms with Crippen LogP contribution in [0.15, 0.2) is 84.9 Å². The van der Waals surface area contributed by atoms with Crippen LogP contribution >= 0.6 is 0 Å². The highest BCUT2D eigenvalue weighted by Gasteiger charge is 2.33. The Balaban J connectivity index is 1.87. The second-order valence-corrected chi connectivity index (χ2v) is 14.2. The van der Waals surface area contributed by atoms with Crippen LogP contribution in [-0.4, -0.2) is 63.9 Å². The van der Waals surface area contributed by atoms with Crippen molar-refractivity contribution >= 4 is 23.8 Å². The fourth-order valence-corrected chi connectivity index (χ4v) is 5.60. The van der Waals surface area contributed by atoms with E-state index in [4.69, 9.17) is 10.5 Å². The number of hydrogen-bond acceptors (Lipinski definition) is 7. The molecule has 7 N–H and O–H groups in total. The van der Waals surface area contributed by atoms with Crippen molar-refractivity contribution in [3.8, 4) is 5.75 Å². The number of nitrogens with one attached hydrogen (secondary N) is 3. The lowest BCUT2D eigenvalue weighted by Crippen LogP contribution is -2.55. The first kappa shape index (κ1) is 39.5. The number of alkyl carbamates (subject to hydrolysis) is 1. The van der Waals surface area contributed by atoms with E-state index in [-0.39, 0.29) is 43.8 Å². The molecule has 5 unspecified atom stereocenters. The number of rotatable bonds is 17. The van der Waals surface area contributed by atoms with Crippen LogP contribution in [0.25, 0.3) is 0 Å². The van der Waals surface area contributed by atoms with Crippen molar-refractivity contribution < 1.29 is 34.1 Å². The molecule has 4 amide bonds. The second kappa shape index (κ2) is 18.7. The van der Waals surface area contributed by atoms with Crippen molar-refractivity contribution in [1.82, 2.24) is 16.0 Å². The number of aliphatic hydroxyl groups excluding tert-OH is 1. The van der Waals surface area contributed by atoms with E-state index in [1.807, 2.05) is 74.5 Å². The maximum absolute atomic E-state index is 14.1. The molecule has 3 aromatic carbocycles. The molecule has 0 saturated heterocycles. The smallest absolute Gasteiger partial charge is 0.407 e. The molecule has 0 heterocycles. The SMILES string of the molecule is CC(C)CC(NC(=O)C(Cc1ccc(O)cc1)CC(O)C(Cc1ccccc1)NC(=O)OC(C)(C)C)C(=O)NC(Cc1ccccc1)C(N)=O. The molecule has 50 heavy (non-hydrogen) atoms. The summed E-state index contributed by atoms with van der Waals surface area (Å²) >= 11 is 0. The van der Waals surface area contributed by atoms with E-state index in [1.54, 1.807) is 32.9 Å². The number of nitrogens with two attached hydrogens (primary N) is 1. The first-order chi connectivity index (χ1) is 23.6. The third kappa shape index (κ3) is 13.9. The molecule has 5 atom stereocenters. The highest BCUT2D eigenvalue weighted by atomic mass is 16.6. The molecule has 3 aromatic rings. The molecular weight excluding hydrogens is 636 g/mol. The summed E-state index contributed by atoms with van der Waals surface area (Å²) in [6, 6.07) is 22.1. The lowest BCUT2D eigenvalue weighted by atomic mass is 9.88. The number of benzene rings is 3. The lowest BCUT2D eigenvalue weighted by molar-refractivity contribution is -0.133. The molecule has 0 aliphatic carbocycles. The quantitative estimate of drug-likeness (QED) is 0.123. The Labute approximate surface area is 295 Å². The Morgan fingerprint density at radius 1 is 0.700 bits per heavy atom. The fraction of sp³-hybridized carbons (Fsp3) is 0.436. The zero-order valence-electron chi connectivity index (χ0n) is 29.6. The number of aromatic hydroxyl groups is 1. The minimum Gasteiger partial charge on any atom is -0.508 e. The normalized spacial score (nSPS) is 14.5. The molecule has 0 aromatic heterocycles. The Kier molecular flexibility index (Phi) is 14.8. The van der Waals surface area contributed by atoms with Gasteiger partial charge < -0.3 is 36.6 Å². The van der Waals surface area contributed by atoms with Gasteiger partial charge in [-0.1, -0.05) is 86.6 Å². The molecule has 0 aliphatic heterocycles. The zero-order valence-corrected chi connectivity index (χ0v) is 29.6. The molecule has 0 aliphatic rings. The number of carbonyl (C=O) groups is 4. The van der Waals surface area contributed by atoms with Gasteiger partial charge in [-0.25, -0.2) is 4.79 Å². The van der Waals surface area contributed by atoms with Crippen molar-refractivity contribution in [1.29, 1.82) is 0 Å². The number of aliphatic hydroxyl groups is 1. The monoisotopic (exact) mass is 688 g/mol. The van der Waals surface area contributed by atoms with Gasteiger partial charge in [-0.3, -0.25) is 14.4 Å². The molecule has 0 saturated carbocycles. The van der Waals surface area contributed by atoms with Gasteiger partial charge in [0.05, 0.1) is 12.1 Å². The van der Waals surface area contributed by atoms with Gasteiger partial charge in [0, 0.05) is 12.3 Å². The van der Waals surface area contributed by atoms with E-state index in [9.17, 15) is 29.4 Å². The Morgan fingerprint density at radius 3 is 1.74 bits per heavy atom. The first-order valence-electron chi connectivity index (χ1n) is 17.0. The minimum atomic E-state index is -1.20. The van der Waals surface area contributed by atoms with Crippen LogP contribution in [0.3, 0.4) is 0 Å². The van der Waals surface area contributed by atoms with E-state index in [0.717, 1.165) is 16.7 Å². The van der Waals surface area contributed by atoms with E-state index in [1.165, 1.54) is 12.1 Å². The van der Waals surface area contributed by atoms with Gasteiger partial charge in [-0.05, 0) is 81.2 Å². The minimum absolute atomic E-state index is 0.00150. The highest BCUT2D eigenvalue weighted by Crippen LogP contribution is 2.22. The Bertz CT molecular complexity index is 1530. The van der Waals surface area contributed by atoms with Gasteiger partial charge >= 0.3 is 6.09 Å². The summed E-state index contributed by atoms with van der Waals surface area (Å²) in [7, 11) is 0. The number of amides is 4. The fourth-order valence-electron chi connectivity index (χ4n) is 5.60. The van der Waals surface area contributed by atoms with Crippen molar-refractivity contribution in [2.24, 2.45) is 17.6 Å². The van der Waals surface area contributed by atoms with Gasteiger partial charge in [0.2, 0.25) is 17.7 Å². The number of phenols is 1. The van der Waals surface area contributed by atoms with E-state index < -0.39 is 59.6 Å². The Hall–Kier alpha value is -4.90. The molecule has 0 bridgehead atoms. The molecular formula is C39H52N4O7. The van der Waals surface area contributed by atoms with Gasteiger partial charge in [-0.15, -0.1) is 0 Å². The predicted octanol–water partition coefficient (Wildman–Crippen LogP) is 4.18. The van der Waals surface area contributed by atoms with Gasteiger partial charge in [0.1, 0.15) is 23.4 Å². The predicted molar refractivity (Wildman–Crippen MR) is 192 cm³/mol. The van der Waals surface area contributed by atoms with Crippen molar-refractivity contribution in [2.45, 2.75) is 96.6 Å². The van der Waals surface area contributed by atoms with E-state index in [0.29, 0.717) is 0 Å². The number of primary amides is 1. The molecule has 0 fully saturated rings. The zero-order chi connectivity index (χ0) is 36.8. The summed E-state index contributed by atoms with van der Waals surface area (Å²) in [6.45, 7) is 9.05. The Morgan fingerprint density at radius 2 is 1.22 bits per heavy atom. The van der Waals surface area contributed by atoms with Crippen LogP contribution in [0.5, 0.6) is 5.75 Å². The van der Waals surface area contributed by atoms with Crippen molar-refractivity contribution in [2.75, 3.05) is 0 Å². The molecule has 3 rings (SSSR count). The molecule has 270 valence electrons. The lowest BCUT2D eigenvalue weighted by Gasteiger charge is -2.30. The summed E-state index contributed by atoms with van der Waals surface area (Å²) in [5.41, 5.74) is 7.29. The maximum Gasteiger partial charge on any atom is 0.407 e. The van der Waals surface area contributed by atoms with Crippen LogP contribution in [0, 0.1) is 11.8 Å². The van der Waals surface area contributed by atoms with Crippen LogP contribution in [0.1, 0.15) is 64.2 Å². The molecule has 11 nitrogen and oxygen atoms in total. The number of hydrogen-bond donors (Lipinski definition) is 6. The van der Waals surface area contributed by atoms with Crippen molar-refractivity contribution in [3.05, 3.63) is 102 Å². The largest absolute Gasteiger partial charge is 0.508 e.